The van der Waals surface area contributed by atoms with Gasteiger partial charge in [0.25, 0.3) is 0 Å². The largest absolute Gasteiger partial charge is 0.357 e. The number of rotatable bonds is 4. The fourth-order valence-corrected chi connectivity index (χ4v) is 3.20. The molecule has 1 N–H and O–H groups in total. The fraction of sp³-hybridized carbons (Fsp3) is 0.412. The lowest BCUT2D eigenvalue weighted by Gasteiger charge is -2.23. The number of hydrogen-bond donors (Lipinski definition) is 1. The van der Waals surface area contributed by atoms with Crippen molar-refractivity contribution in [1.82, 2.24) is 20.0 Å². The summed E-state index contributed by atoms with van der Waals surface area (Å²) in [6, 6.07) is 6.29. The molecule has 1 saturated heterocycles. The minimum Gasteiger partial charge on any atom is -0.357 e. The summed E-state index contributed by atoms with van der Waals surface area (Å²) in [5.41, 5.74) is 0.935. The van der Waals surface area contributed by atoms with Gasteiger partial charge in [-0.3, -0.25) is 19.1 Å². The number of para-hydroxylation sites is 1. The summed E-state index contributed by atoms with van der Waals surface area (Å²) in [5.74, 6) is -0.990. The summed E-state index contributed by atoms with van der Waals surface area (Å²) in [4.78, 5) is 37.5. The van der Waals surface area contributed by atoms with E-state index >= 15 is 0 Å². The maximum Gasteiger partial charge on any atom is 0.245 e. The highest BCUT2D eigenvalue weighted by Crippen LogP contribution is 2.23. The second-order valence-electron chi connectivity index (χ2n) is 6.09. The Hall–Kier alpha value is -2.77. The molecule has 2 aromatic rings. The Morgan fingerprint density at radius 2 is 2.04 bits per heavy atom. The van der Waals surface area contributed by atoms with E-state index in [4.69, 9.17) is 0 Å². The number of likely N-dealkylation sites (N-methyl/N-ethyl adjacent to an activating group) is 1. The quantitative estimate of drug-likeness (QED) is 0.835. The van der Waals surface area contributed by atoms with Crippen molar-refractivity contribution in [3.8, 4) is 0 Å². The highest BCUT2D eigenvalue weighted by atomic mass is 19.1. The number of nitrogens with zero attached hydrogens (tertiary/aromatic N) is 3. The van der Waals surface area contributed by atoms with Crippen LogP contribution in [0.15, 0.2) is 24.3 Å². The minimum atomic E-state index is -1.23. The summed E-state index contributed by atoms with van der Waals surface area (Å²) < 4.78 is 15.2. The molecule has 1 fully saturated rings. The van der Waals surface area contributed by atoms with E-state index in [1.54, 1.807) is 24.3 Å². The van der Waals surface area contributed by atoms with Gasteiger partial charge in [0.15, 0.2) is 5.78 Å². The molecule has 2 atom stereocenters. The van der Waals surface area contributed by atoms with Crippen molar-refractivity contribution in [1.29, 1.82) is 0 Å². The van der Waals surface area contributed by atoms with E-state index in [0.717, 1.165) is 0 Å². The van der Waals surface area contributed by atoms with Crippen molar-refractivity contribution in [3.63, 3.8) is 0 Å². The highest BCUT2D eigenvalue weighted by molar-refractivity contribution is 6.05. The maximum absolute atomic E-state index is 13.7. The Labute approximate surface area is 143 Å². The number of alkyl halides is 1. The Kier molecular flexibility index (Phi) is 4.52. The number of Topliss-reactive ketones (excluding diaryl/α,β-unsaturated/α-hetero) is 1. The van der Waals surface area contributed by atoms with Crippen LogP contribution in [0.3, 0.4) is 0 Å². The second-order valence-corrected chi connectivity index (χ2v) is 6.09. The number of carbonyl (C=O) groups excluding carboxylic acids is 3. The van der Waals surface area contributed by atoms with Crippen molar-refractivity contribution < 1.29 is 18.8 Å². The molecular formula is C17H19FN4O3. The molecule has 2 heterocycles. The monoisotopic (exact) mass is 346 g/mol. The van der Waals surface area contributed by atoms with Gasteiger partial charge in [-0.05, 0) is 6.07 Å². The molecule has 132 valence electrons. The van der Waals surface area contributed by atoms with Crippen LogP contribution in [0.5, 0.6) is 0 Å². The number of amides is 2. The fourth-order valence-electron chi connectivity index (χ4n) is 3.20. The molecule has 3 rings (SSSR count). The van der Waals surface area contributed by atoms with E-state index in [1.165, 1.54) is 23.6 Å². The Morgan fingerprint density at radius 3 is 2.72 bits per heavy atom. The van der Waals surface area contributed by atoms with Gasteiger partial charge in [-0.2, -0.15) is 5.10 Å². The summed E-state index contributed by atoms with van der Waals surface area (Å²) in [7, 11) is 1.46. The topological polar surface area (TPSA) is 84.3 Å². The summed E-state index contributed by atoms with van der Waals surface area (Å²) in [6.07, 6.45) is -1.24. The number of aromatic nitrogens is 2. The Balaban J connectivity index is 1.89. The number of benzene rings is 1. The van der Waals surface area contributed by atoms with E-state index in [2.05, 4.69) is 10.4 Å². The van der Waals surface area contributed by atoms with Gasteiger partial charge in [0.05, 0.1) is 12.1 Å². The van der Waals surface area contributed by atoms with Gasteiger partial charge < -0.3 is 10.2 Å². The average molecular weight is 346 g/mol. The van der Waals surface area contributed by atoms with Crippen LogP contribution in [0.4, 0.5) is 4.39 Å². The molecule has 0 unspecified atom stereocenters. The molecule has 25 heavy (non-hydrogen) atoms. The average Bonchev–Trinajstić information content (AvgIpc) is 3.15. The highest BCUT2D eigenvalue weighted by Gasteiger charge is 2.39. The van der Waals surface area contributed by atoms with E-state index < -0.39 is 18.1 Å². The van der Waals surface area contributed by atoms with Gasteiger partial charge in [0.2, 0.25) is 11.8 Å². The lowest BCUT2D eigenvalue weighted by atomic mass is 10.2. The van der Waals surface area contributed by atoms with Crippen molar-refractivity contribution in [2.75, 3.05) is 13.6 Å². The van der Waals surface area contributed by atoms with Crippen molar-refractivity contribution in [3.05, 3.63) is 30.0 Å². The van der Waals surface area contributed by atoms with Crippen LogP contribution < -0.4 is 5.32 Å². The third-order valence-electron chi connectivity index (χ3n) is 4.40. The van der Waals surface area contributed by atoms with Crippen LogP contribution in [-0.2, 0) is 16.1 Å². The second kappa shape index (κ2) is 6.62. The summed E-state index contributed by atoms with van der Waals surface area (Å²) in [5, 5.41) is 7.36. The molecule has 0 radical (unpaired) electrons. The molecule has 1 aliphatic heterocycles. The first-order chi connectivity index (χ1) is 11.9. The molecule has 0 bridgehead atoms. The van der Waals surface area contributed by atoms with E-state index in [-0.39, 0.29) is 36.9 Å². The number of halogens is 1. The standard InChI is InChI=1S/C17H19FN4O3/c1-10(23)16-12-5-3-4-6-13(12)22(20-16)9-15(24)21-8-11(18)7-14(21)17(25)19-2/h3-6,11,14H,7-9H2,1-2H3,(H,19,25)/t11-,14+/m1/s1. The number of likely N-dealkylation sites (tertiary alicyclic amines) is 1. The molecule has 2 amide bonds. The molecule has 0 spiro atoms. The van der Waals surface area contributed by atoms with Gasteiger partial charge in [-0.15, -0.1) is 0 Å². The zero-order valence-corrected chi connectivity index (χ0v) is 14.0. The zero-order chi connectivity index (χ0) is 18.1. The molecule has 1 aromatic heterocycles. The maximum atomic E-state index is 13.7. The number of ketones is 1. The number of fused-ring (bicyclic) bond motifs is 1. The number of hydrogen-bond acceptors (Lipinski definition) is 4. The number of carbonyl (C=O) groups is 3. The van der Waals surface area contributed by atoms with E-state index in [0.29, 0.717) is 10.9 Å². The third-order valence-corrected chi connectivity index (χ3v) is 4.40. The zero-order valence-electron chi connectivity index (χ0n) is 14.0. The predicted octanol–water partition coefficient (Wildman–Crippen LogP) is 0.924. The van der Waals surface area contributed by atoms with Gasteiger partial charge in [-0.25, -0.2) is 4.39 Å². The van der Waals surface area contributed by atoms with E-state index in [1.807, 2.05) is 0 Å². The summed E-state index contributed by atoms with van der Waals surface area (Å²) in [6.45, 7) is 1.14. The third kappa shape index (κ3) is 3.11. The molecule has 8 heteroatoms. The Bertz CT molecular complexity index is 848. The minimum absolute atomic E-state index is 0.00996. The van der Waals surface area contributed by atoms with Gasteiger partial charge >= 0.3 is 0 Å². The first-order valence-corrected chi connectivity index (χ1v) is 8.04. The van der Waals surface area contributed by atoms with Crippen LogP contribution >= 0.6 is 0 Å². The lowest BCUT2D eigenvalue weighted by molar-refractivity contribution is -0.138. The normalized spacial score (nSPS) is 20.0. The summed E-state index contributed by atoms with van der Waals surface area (Å²) >= 11 is 0. The molecule has 0 saturated carbocycles. The lowest BCUT2D eigenvalue weighted by Crippen LogP contribution is -2.46. The van der Waals surface area contributed by atoms with Gasteiger partial charge in [0.1, 0.15) is 24.5 Å². The van der Waals surface area contributed by atoms with Gasteiger partial charge in [-0.1, -0.05) is 18.2 Å². The van der Waals surface area contributed by atoms with E-state index in [9.17, 15) is 18.8 Å². The molecule has 0 aliphatic carbocycles. The van der Waals surface area contributed by atoms with Crippen molar-refractivity contribution in [2.45, 2.75) is 32.1 Å². The SMILES string of the molecule is CNC(=O)[C@@H]1C[C@@H](F)CN1C(=O)Cn1nc(C(C)=O)c2ccccc21. The predicted molar refractivity (Wildman–Crippen MR) is 88.8 cm³/mol. The van der Waals surface area contributed by atoms with Gasteiger partial charge in [0, 0.05) is 25.8 Å². The smallest absolute Gasteiger partial charge is 0.245 e. The molecule has 1 aliphatic rings. The van der Waals surface area contributed by atoms with Crippen LogP contribution in [0.2, 0.25) is 0 Å². The molecular weight excluding hydrogens is 327 g/mol. The van der Waals surface area contributed by atoms with Crippen molar-refractivity contribution >= 4 is 28.5 Å². The van der Waals surface area contributed by atoms with Crippen LogP contribution in [0.1, 0.15) is 23.8 Å². The first-order valence-electron chi connectivity index (χ1n) is 8.04. The molecule has 1 aromatic carbocycles. The van der Waals surface area contributed by atoms with Crippen molar-refractivity contribution in [2.24, 2.45) is 0 Å². The number of nitrogens with one attached hydrogen (secondary N) is 1. The first kappa shape index (κ1) is 17.1. The Morgan fingerprint density at radius 1 is 1.32 bits per heavy atom. The van der Waals surface area contributed by atoms with Crippen LogP contribution in [0.25, 0.3) is 10.9 Å². The van der Waals surface area contributed by atoms with Crippen LogP contribution in [-0.4, -0.2) is 58.1 Å². The molecule has 7 nitrogen and oxygen atoms in total. The van der Waals surface area contributed by atoms with Crippen LogP contribution in [0, 0.1) is 0 Å².